The maximum atomic E-state index is 13.0. The summed E-state index contributed by atoms with van der Waals surface area (Å²) in [4.78, 5) is 26.5. The van der Waals surface area contributed by atoms with Crippen molar-refractivity contribution in [2.75, 3.05) is 20.3 Å². The van der Waals surface area contributed by atoms with Gasteiger partial charge in [-0.1, -0.05) is 50.3 Å². The van der Waals surface area contributed by atoms with E-state index in [4.69, 9.17) is 9.47 Å². The van der Waals surface area contributed by atoms with Gasteiger partial charge in [0.2, 0.25) is 0 Å². The number of amides is 1. The molecule has 0 aromatic heterocycles. The van der Waals surface area contributed by atoms with E-state index in [1.54, 1.807) is 0 Å². The first-order valence-corrected chi connectivity index (χ1v) is 10.1. The Kier molecular flexibility index (Phi) is 8.62. The third-order valence-electron chi connectivity index (χ3n) is 5.37. The molecule has 0 unspecified atom stereocenters. The number of carbonyl (C=O) groups excluding carboxylic acids is 2. The zero-order valence-corrected chi connectivity index (χ0v) is 17.0. The lowest BCUT2D eigenvalue weighted by Crippen LogP contribution is -2.44. The third kappa shape index (κ3) is 6.56. The van der Waals surface area contributed by atoms with Gasteiger partial charge in [-0.25, -0.2) is 0 Å². The zero-order valence-electron chi connectivity index (χ0n) is 17.0. The second-order valence-electron chi connectivity index (χ2n) is 7.42. The lowest BCUT2D eigenvalue weighted by atomic mass is 9.95. The molecule has 1 aromatic rings. The molecule has 1 amide bonds. The van der Waals surface area contributed by atoms with Gasteiger partial charge < -0.3 is 14.4 Å². The number of hydrogen-bond donors (Lipinski definition) is 0. The average Bonchev–Trinajstić information content (AvgIpc) is 2.62. The summed E-state index contributed by atoms with van der Waals surface area (Å²) in [7, 11) is 1.38. The number of ether oxygens (including phenoxy) is 2. The van der Waals surface area contributed by atoms with Gasteiger partial charge in [0, 0.05) is 12.6 Å². The molecule has 1 saturated carbocycles. The van der Waals surface area contributed by atoms with Crippen molar-refractivity contribution < 1.29 is 19.1 Å². The molecular weight excluding hydrogens is 342 g/mol. The van der Waals surface area contributed by atoms with Crippen molar-refractivity contribution in [2.24, 2.45) is 0 Å². The van der Waals surface area contributed by atoms with E-state index in [9.17, 15) is 9.59 Å². The average molecular weight is 376 g/mol. The first kappa shape index (κ1) is 21.3. The highest BCUT2D eigenvalue weighted by Gasteiger charge is 2.25. The van der Waals surface area contributed by atoms with Gasteiger partial charge in [-0.05, 0) is 37.8 Å². The van der Waals surface area contributed by atoms with Crippen molar-refractivity contribution in [3.05, 3.63) is 29.3 Å². The molecule has 0 radical (unpaired) electrons. The molecule has 2 rings (SSSR count). The molecule has 1 fully saturated rings. The van der Waals surface area contributed by atoms with Crippen LogP contribution >= 0.6 is 0 Å². The molecular formula is C22H33NO4. The van der Waals surface area contributed by atoms with Gasteiger partial charge >= 0.3 is 5.97 Å². The number of methoxy groups -OCH3 is 1. The number of benzene rings is 1. The SMILES string of the molecule is COC(=O)CCN(C(=O)COc1c(C)cccc1C)C1CCCCCCC1. The molecule has 0 N–H and O–H groups in total. The van der Waals surface area contributed by atoms with Gasteiger partial charge in [-0.2, -0.15) is 0 Å². The third-order valence-corrected chi connectivity index (χ3v) is 5.37. The quantitative estimate of drug-likeness (QED) is 0.671. The fourth-order valence-corrected chi connectivity index (χ4v) is 3.81. The Hall–Kier alpha value is -2.04. The Morgan fingerprint density at radius 1 is 1.04 bits per heavy atom. The Morgan fingerprint density at radius 2 is 1.63 bits per heavy atom. The summed E-state index contributed by atoms with van der Waals surface area (Å²) < 4.78 is 10.6. The summed E-state index contributed by atoms with van der Waals surface area (Å²) in [5.41, 5.74) is 2.05. The summed E-state index contributed by atoms with van der Waals surface area (Å²) in [6, 6.07) is 6.13. The molecule has 1 aliphatic rings. The minimum Gasteiger partial charge on any atom is -0.483 e. The Morgan fingerprint density at radius 3 is 2.22 bits per heavy atom. The summed E-state index contributed by atoms with van der Waals surface area (Å²) >= 11 is 0. The highest BCUT2D eigenvalue weighted by molar-refractivity contribution is 5.79. The second-order valence-corrected chi connectivity index (χ2v) is 7.42. The zero-order chi connectivity index (χ0) is 19.6. The normalized spacial score (nSPS) is 15.5. The van der Waals surface area contributed by atoms with E-state index >= 15 is 0 Å². The van der Waals surface area contributed by atoms with Crippen molar-refractivity contribution in [3.63, 3.8) is 0 Å². The predicted octanol–water partition coefficient (Wildman–Crippen LogP) is 4.19. The lowest BCUT2D eigenvalue weighted by Gasteiger charge is -2.33. The van der Waals surface area contributed by atoms with Gasteiger partial charge in [0.25, 0.3) is 5.91 Å². The fraction of sp³-hybridized carbons (Fsp3) is 0.636. The van der Waals surface area contributed by atoms with Gasteiger partial charge in [0.15, 0.2) is 6.61 Å². The topological polar surface area (TPSA) is 55.8 Å². The van der Waals surface area contributed by atoms with E-state index in [-0.39, 0.29) is 30.9 Å². The summed E-state index contributed by atoms with van der Waals surface area (Å²) in [6.45, 7) is 4.36. The number of carbonyl (C=O) groups is 2. The summed E-state index contributed by atoms with van der Waals surface area (Å²) in [5, 5.41) is 0. The van der Waals surface area contributed by atoms with Crippen LogP contribution in [-0.2, 0) is 14.3 Å². The van der Waals surface area contributed by atoms with E-state index in [0.717, 1.165) is 42.6 Å². The molecule has 1 aliphatic carbocycles. The maximum Gasteiger partial charge on any atom is 0.307 e. The van der Waals surface area contributed by atoms with E-state index < -0.39 is 0 Å². The van der Waals surface area contributed by atoms with Crippen molar-refractivity contribution in [2.45, 2.75) is 71.3 Å². The monoisotopic (exact) mass is 375 g/mol. The number of hydrogen-bond acceptors (Lipinski definition) is 4. The molecule has 150 valence electrons. The molecule has 5 nitrogen and oxygen atoms in total. The van der Waals surface area contributed by atoms with Crippen LogP contribution < -0.4 is 4.74 Å². The molecule has 0 aliphatic heterocycles. The summed E-state index contributed by atoms with van der Waals surface area (Å²) in [5.74, 6) is 0.442. The fourth-order valence-electron chi connectivity index (χ4n) is 3.81. The molecule has 0 atom stereocenters. The standard InChI is InChI=1S/C22H33NO4/c1-17-10-9-11-18(2)22(17)27-16-20(24)23(15-14-21(25)26-3)19-12-7-5-4-6-8-13-19/h9-11,19H,4-8,12-16H2,1-3H3. The first-order valence-electron chi connectivity index (χ1n) is 10.1. The number of rotatable bonds is 7. The van der Waals surface area contributed by atoms with Crippen LogP contribution in [0.3, 0.4) is 0 Å². The summed E-state index contributed by atoms with van der Waals surface area (Å²) in [6.07, 6.45) is 8.19. The van der Waals surface area contributed by atoms with Crippen LogP contribution in [0.4, 0.5) is 0 Å². The number of nitrogens with zero attached hydrogens (tertiary/aromatic N) is 1. The van der Waals surface area contributed by atoms with Crippen molar-refractivity contribution >= 4 is 11.9 Å². The van der Waals surface area contributed by atoms with E-state index in [1.165, 1.54) is 26.4 Å². The smallest absolute Gasteiger partial charge is 0.307 e. The van der Waals surface area contributed by atoms with E-state index in [0.29, 0.717) is 6.54 Å². The highest BCUT2D eigenvalue weighted by Crippen LogP contribution is 2.24. The minimum atomic E-state index is -0.283. The molecule has 0 saturated heterocycles. The van der Waals surface area contributed by atoms with Gasteiger partial charge in [-0.15, -0.1) is 0 Å². The lowest BCUT2D eigenvalue weighted by molar-refractivity contribution is -0.143. The van der Waals surface area contributed by atoms with Crippen LogP contribution in [-0.4, -0.2) is 43.1 Å². The van der Waals surface area contributed by atoms with Crippen LogP contribution in [0.5, 0.6) is 5.75 Å². The molecule has 0 bridgehead atoms. The molecule has 0 heterocycles. The number of aryl methyl sites for hydroxylation is 2. The van der Waals surface area contributed by atoms with E-state index in [2.05, 4.69) is 0 Å². The van der Waals surface area contributed by atoms with Crippen molar-refractivity contribution in [1.29, 1.82) is 0 Å². The van der Waals surface area contributed by atoms with Crippen LogP contribution in [0.25, 0.3) is 0 Å². The Balaban J connectivity index is 2.05. The Bertz CT molecular complexity index is 600. The van der Waals surface area contributed by atoms with Crippen LogP contribution in [0.15, 0.2) is 18.2 Å². The number of esters is 1. The van der Waals surface area contributed by atoms with Crippen molar-refractivity contribution in [3.8, 4) is 5.75 Å². The van der Waals surface area contributed by atoms with Crippen LogP contribution in [0, 0.1) is 13.8 Å². The molecule has 1 aromatic carbocycles. The molecule has 27 heavy (non-hydrogen) atoms. The van der Waals surface area contributed by atoms with Gasteiger partial charge in [-0.3, -0.25) is 9.59 Å². The van der Waals surface area contributed by atoms with E-state index in [1.807, 2.05) is 36.9 Å². The molecule has 5 heteroatoms. The van der Waals surface area contributed by atoms with Gasteiger partial charge in [0.1, 0.15) is 5.75 Å². The Labute approximate surface area is 163 Å². The second kappa shape index (κ2) is 11.0. The number of para-hydroxylation sites is 1. The maximum absolute atomic E-state index is 13.0. The van der Waals surface area contributed by atoms with Gasteiger partial charge in [0.05, 0.1) is 13.5 Å². The minimum absolute atomic E-state index is 0.00334. The van der Waals surface area contributed by atoms with Crippen molar-refractivity contribution in [1.82, 2.24) is 4.90 Å². The highest BCUT2D eigenvalue weighted by atomic mass is 16.5. The predicted molar refractivity (Wildman–Crippen MR) is 106 cm³/mol. The largest absolute Gasteiger partial charge is 0.483 e. The van der Waals surface area contributed by atoms with Crippen LogP contribution in [0.2, 0.25) is 0 Å². The van der Waals surface area contributed by atoms with Crippen LogP contribution in [0.1, 0.15) is 62.5 Å². The molecule has 0 spiro atoms. The first-order chi connectivity index (χ1) is 13.0.